The first-order chi connectivity index (χ1) is 15.1. The Labute approximate surface area is 178 Å². The molecule has 0 bridgehead atoms. The SMILES string of the molecule is COC(=O)c1ccc(Cn2nc(-c3ccc4c(c3)OCCCO4)ccc2=O)c(OC)c1. The number of aromatic nitrogens is 2. The van der Waals surface area contributed by atoms with Gasteiger partial charge in [0, 0.05) is 23.6 Å². The van der Waals surface area contributed by atoms with Gasteiger partial charge in [-0.3, -0.25) is 4.79 Å². The summed E-state index contributed by atoms with van der Waals surface area (Å²) in [6.07, 6.45) is 0.823. The molecule has 0 saturated carbocycles. The van der Waals surface area contributed by atoms with Crippen LogP contribution in [-0.2, 0) is 11.3 Å². The molecule has 0 fully saturated rings. The number of rotatable bonds is 5. The van der Waals surface area contributed by atoms with Gasteiger partial charge in [0.05, 0.1) is 45.2 Å². The molecule has 2 aromatic carbocycles. The maximum absolute atomic E-state index is 12.4. The molecule has 1 aliphatic rings. The standard InChI is InChI=1S/C23H22N2O6/c1-28-20-13-16(23(27)29-2)4-5-17(20)14-25-22(26)9-7-18(24-25)15-6-8-19-21(12-15)31-11-3-10-30-19/h4-9,12-13H,3,10-11,14H2,1-2H3. The van der Waals surface area contributed by atoms with Crippen LogP contribution >= 0.6 is 0 Å². The molecule has 0 saturated heterocycles. The quantitative estimate of drug-likeness (QED) is 0.584. The van der Waals surface area contributed by atoms with E-state index in [0.717, 1.165) is 12.0 Å². The summed E-state index contributed by atoms with van der Waals surface area (Å²) >= 11 is 0. The molecule has 1 aromatic heterocycles. The molecule has 0 spiro atoms. The molecule has 0 unspecified atom stereocenters. The van der Waals surface area contributed by atoms with Crippen molar-refractivity contribution in [2.24, 2.45) is 0 Å². The van der Waals surface area contributed by atoms with Gasteiger partial charge >= 0.3 is 5.97 Å². The third-order valence-corrected chi connectivity index (χ3v) is 4.94. The van der Waals surface area contributed by atoms with E-state index in [4.69, 9.17) is 18.9 Å². The molecular weight excluding hydrogens is 400 g/mol. The predicted octanol–water partition coefficient (Wildman–Crippen LogP) is 2.92. The van der Waals surface area contributed by atoms with Gasteiger partial charge in [-0.15, -0.1) is 0 Å². The van der Waals surface area contributed by atoms with Gasteiger partial charge in [-0.05, 0) is 36.4 Å². The average molecular weight is 422 g/mol. The second kappa shape index (κ2) is 8.91. The summed E-state index contributed by atoms with van der Waals surface area (Å²) in [6.45, 7) is 1.39. The number of fused-ring (bicyclic) bond motifs is 1. The third kappa shape index (κ3) is 4.37. The Balaban J connectivity index is 1.66. The fourth-order valence-corrected chi connectivity index (χ4v) is 3.32. The topological polar surface area (TPSA) is 88.9 Å². The summed E-state index contributed by atoms with van der Waals surface area (Å²) in [6, 6.07) is 13.7. The summed E-state index contributed by atoms with van der Waals surface area (Å²) in [5.41, 5.74) is 2.26. The number of nitrogens with zero attached hydrogens (tertiary/aromatic N) is 2. The van der Waals surface area contributed by atoms with Crippen molar-refractivity contribution >= 4 is 5.97 Å². The first kappa shape index (κ1) is 20.5. The number of methoxy groups -OCH3 is 2. The zero-order chi connectivity index (χ0) is 21.8. The fraction of sp³-hybridized carbons (Fsp3) is 0.261. The van der Waals surface area contributed by atoms with Crippen molar-refractivity contribution in [2.75, 3.05) is 27.4 Å². The van der Waals surface area contributed by atoms with Crippen LogP contribution in [0.2, 0.25) is 0 Å². The highest BCUT2D eigenvalue weighted by atomic mass is 16.5. The second-order valence-corrected chi connectivity index (χ2v) is 6.94. The van der Waals surface area contributed by atoms with E-state index < -0.39 is 5.97 Å². The van der Waals surface area contributed by atoms with Crippen LogP contribution in [0.5, 0.6) is 17.2 Å². The van der Waals surface area contributed by atoms with Crippen LogP contribution in [0.4, 0.5) is 0 Å². The first-order valence-corrected chi connectivity index (χ1v) is 9.82. The minimum Gasteiger partial charge on any atom is -0.496 e. The lowest BCUT2D eigenvalue weighted by atomic mass is 10.1. The van der Waals surface area contributed by atoms with Gasteiger partial charge in [-0.1, -0.05) is 6.07 Å². The Morgan fingerprint density at radius 2 is 1.84 bits per heavy atom. The maximum Gasteiger partial charge on any atom is 0.337 e. The van der Waals surface area contributed by atoms with Gasteiger partial charge in [0.2, 0.25) is 0 Å². The van der Waals surface area contributed by atoms with Gasteiger partial charge in [0.1, 0.15) is 5.75 Å². The molecule has 1 aliphatic heterocycles. The van der Waals surface area contributed by atoms with E-state index >= 15 is 0 Å². The van der Waals surface area contributed by atoms with Gasteiger partial charge in [0.25, 0.3) is 5.56 Å². The summed E-state index contributed by atoms with van der Waals surface area (Å²) in [5, 5.41) is 4.52. The second-order valence-electron chi connectivity index (χ2n) is 6.94. The van der Waals surface area contributed by atoms with E-state index in [1.54, 1.807) is 24.3 Å². The third-order valence-electron chi connectivity index (χ3n) is 4.94. The van der Waals surface area contributed by atoms with E-state index in [1.807, 2.05) is 18.2 Å². The maximum atomic E-state index is 12.4. The minimum atomic E-state index is -0.462. The van der Waals surface area contributed by atoms with Crippen LogP contribution in [0.25, 0.3) is 11.3 Å². The highest BCUT2D eigenvalue weighted by Crippen LogP contribution is 2.33. The lowest BCUT2D eigenvalue weighted by Gasteiger charge is -2.13. The highest BCUT2D eigenvalue weighted by Gasteiger charge is 2.14. The molecule has 8 nitrogen and oxygen atoms in total. The zero-order valence-electron chi connectivity index (χ0n) is 17.3. The van der Waals surface area contributed by atoms with E-state index in [1.165, 1.54) is 25.0 Å². The van der Waals surface area contributed by atoms with Crippen LogP contribution in [0, 0.1) is 0 Å². The number of benzene rings is 2. The molecule has 31 heavy (non-hydrogen) atoms. The number of carbonyl (C=O) groups is 1. The molecule has 0 atom stereocenters. The fourth-order valence-electron chi connectivity index (χ4n) is 3.32. The lowest BCUT2D eigenvalue weighted by molar-refractivity contribution is 0.0600. The van der Waals surface area contributed by atoms with Gasteiger partial charge < -0.3 is 18.9 Å². The zero-order valence-corrected chi connectivity index (χ0v) is 17.3. The minimum absolute atomic E-state index is 0.182. The summed E-state index contributed by atoms with van der Waals surface area (Å²) in [5.74, 6) is 1.37. The molecule has 160 valence electrons. The van der Waals surface area contributed by atoms with Crippen molar-refractivity contribution in [3.05, 3.63) is 70.0 Å². The first-order valence-electron chi connectivity index (χ1n) is 9.82. The molecule has 3 aromatic rings. The molecule has 2 heterocycles. The highest BCUT2D eigenvalue weighted by molar-refractivity contribution is 5.89. The summed E-state index contributed by atoms with van der Waals surface area (Å²) < 4.78 is 22.9. The van der Waals surface area contributed by atoms with E-state index in [2.05, 4.69) is 5.10 Å². The van der Waals surface area contributed by atoms with Crippen LogP contribution < -0.4 is 19.8 Å². The average Bonchev–Trinajstić information content (AvgIpc) is 3.05. The van der Waals surface area contributed by atoms with Crippen molar-refractivity contribution in [3.8, 4) is 28.5 Å². The number of ether oxygens (including phenoxy) is 4. The van der Waals surface area contributed by atoms with Crippen LogP contribution in [0.15, 0.2) is 53.3 Å². The number of hydrogen-bond acceptors (Lipinski definition) is 7. The van der Waals surface area contributed by atoms with E-state index in [0.29, 0.717) is 47.3 Å². The van der Waals surface area contributed by atoms with Crippen molar-refractivity contribution in [1.82, 2.24) is 9.78 Å². The molecule has 0 radical (unpaired) electrons. The molecule has 0 N–H and O–H groups in total. The number of esters is 1. The normalized spacial score (nSPS) is 12.7. The molecule has 4 rings (SSSR count). The Morgan fingerprint density at radius 3 is 2.61 bits per heavy atom. The van der Waals surface area contributed by atoms with Gasteiger partial charge in [-0.25, -0.2) is 9.48 Å². The monoisotopic (exact) mass is 422 g/mol. The van der Waals surface area contributed by atoms with Crippen LogP contribution in [0.1, 0.15) is 22.3 Å². The van der Waals surface area contributed by atoms with Crippen molar-refractivity contribution < 1.29 is 23.7 Å². The molecule has 8 heteroatoms. The predicted molar refractivity (Wildman–Crippen MR) is 113 cm³/mol. The smallest absolute Gasteiger partial charge is 0.337 e. The largest absolute Gasteiger partial charge is 0.496 e. The lowest BCUT2D eigenvalue weighted by Crippen LogP contribution is -2.23. The number of hydrogen-bond donors (Lipinski definition) is 0. The van der Waals surface area contributed by atoms with Gasteiger partial charge in [-0.2, -0.15) is 5.10 Å². The van der Waals surface area contributed by atoms with E-state index in [-0.39, 0.29) is 12.1 Å². The van der Waals surface area contributed by atoms with Crippen LogP contribution in [0.3, 0.4) is 0 Å². The Bertz CT molecular complexity index is 1170. The van der Waals surface area contributed by atoms with Gasteiger partial charge in [0.15, 0.2) is 11.5 Å². The Morgan fingerprint density at radius 1 is 1.03 bits per heavy atom. The summed E-state index contributed by atoms with van der Waals surface area (Å²) in [7, 11) is 2.82. The molecule has 0 amide bonds. The Kier molecular flexibility index (Phi) is 5.88. The Hall–Kier alpha value is -3.81. The van der Waals surface area contributed by atoms with Crippen molar-refractivity contribution in [3.63, 3.8) is 0 Å². The van der Waals surface area contributed by atoms with E-state index in [9.17, 15) is 9.59 Å². The molecular formula is C23H22N2O6. The number of carbonyl (C=O) groups excluding carboxylic acids is 1. The van der Waals surface area contributed by atoms with Crippen molar-refractivity contribution in [2.45, 2.75) is 13.0 Å². The molecule has 0 aliphatic carbocycles. The van der Waals surface area contributed by atoms with Crippen LogP contribution in [-0.4, -0.2) is 43.2 Å². The van der Waals surface area contributed by atoms with Crippen molar-refractivity contribution in [1.29, 1.82) is 0 Å². The summed E-state index contributed by atoms with van der Waals surface area (Å²) in [4.78, 5) is 24.2.